The van der Waals surface area contributed by atoms with E-state index in [1.54, 1.807) is 11.8 Å². The van der Waals surface area contributed by atoms with Gasteiger partial charge in [0.2, 0.25) is 0 Å². The van der Waals surface area contributed by atoms with E-state index in [2.05, 4.69) is 41.7 Å². The van der Waals surface area contributed by atoms with Crippen molar-refractivity contribution < 1.29 is 5.11 Å². The maximum atomic E-state index is 8.96. The van der Waals surface area contributed by atoms with Gasteiger partial charge >= 0.3 is 0 Å². The zero-order chi connectivity index (χ0) is 11.7. The van der Waals surface area contributed by atoms with Gasteiger partial charge in [-0.2, -0.15) is 0 Å². The number of hydrogen-bond acceptors (Lipinski definition) is 3. The van der Waals surface area contributed by atoms with Gasteiger partial charge in [-0.05, 0) is 36.2 Å². The van der Waals surface area contributed by atoms with Crippen LogP contribution in [0.25, 0.3) is 0 Å². The van der Waals surface area contributed by atoms with Crippen molar-refractivity contribution in [2.75, 3.05) is 11.9 Å². The Morgan fingerprint density at radius 2 is 1.82 bits per heavy atom. The molecule has 3 heteroatoms. The van der Waals surface area contributed by atoms with Crippen LogP contribution in [0.2, 0.25) is 0 Å². The van der Waals surface area contributed by atoms with Crippen LogP contribution in [-0.4, -0.2) is 11.7 Å². The van der Waals surface area contributed by atoms with Crippen LogP contribution in [0.5, 0.6) is 0 Å². The Hall–Kier alpha value is -1.45. The van der Waals surface area contributed by atoms with Gasteiger partial charge in [0.05, 0.1) is 11.4 Å². The molecule has 0 saturated carbocycles. The molecule has 2 N–H and O–H groups in total. The maximum absolute atomic E-state index is 8.96. The van der Waals surface area contributed by atoms with Crippen LogP contribution >= 0.6 is 11.8 Å². The number of aliphatic hydroxyl groups is 1. The largest absolute Gasteiger partial charge is 0.396 e. The molecule has 3 rings (SSSR count). The average Bonchev–Trinajstić information content (AvgIpc) is 2.36. The fourth-order valence-electron chi connectivity index (χ4n) is 1.97. The van der Waals surface area contributed by atoms with E-state index in [1.165, 1.54) is 15.4 Å². The van der Waals surface area contributed by atoms with Crippen molar-refractivity contribution in [1.29, 1.82) is 0 Å². The highest BCUT2D eigenvalue weighted by atomic mass is 32.2. The Morgan fingerprint density at radius 1 is 1.00 bits per heavy atom. The molecule has 0 amide bonds. The number of nitrogens with one attached hydrogen (secondary N) is 1. The van der Waals surface area contributed by atoms with Gasteiger partial charge in [-0.15, -0.1) is 0 Å². The fraction of sp³-hybridized carbons (Fsp3) is 0.143. The molecule has 0 spiro atoms. The topological polar surface area (TPSA) is 32.3 Å². The lowest BCUT2D eigenvalue weighted by Gasteiger charge is -2.21. The van der Waals surface area contributed by atoms with Crippen molar-refractivity contribution in [1.82, 2.24) is 0 Å². The Balaban J connectivity index is 1.97. The van der Waals surface area contributed by atoms with Gasteiger partial charge in [-0.25, -0.2) is 0 Å². The smallest absolute Gasteiger partial charge is 0.0529 e. The van der Waals surface area contributed by atoms with Gasteiger partial charge in [-0.3, -0.25) is 0 Å². The molecule has 0 unspecified atom stereocenters. The third kappa shape index (κ3) is 2.04. The summed E-state index contributed by atoms with van der Waals surface area (Å²) in [5.41, 5.74) is 3.46. The fourth-order valence-corrected chi connectivity index (χ4v) is 2.94. The first-order valence-corrected chi connectivity index (χ1v) is 6.46. The molecule has 86 valence electrons. The quantitative estimate of drug-likeness (QED) is 0.723. The van der Waals surface area contributed by atoms with E-state index >= 15 is 0 Å². The molecule has 0 aliphatic carbocycles. The van der Waals surface area contributed by atoms with Gasteiger partial charge in [0.15, 0.2) is 0 Å². The number of aliphatic hydroxyl groups excluding tert-OH is 1. The molecule has 17 heavy (non-hydrogen) atoms. The van der Waals surface area contributed by atoms with Gasteiger partial charge in [0.1, 0.15) is 0 Å². The highest BCUT2D eigenvalue weighted by Crippen LogP contribution is 2.44. The van der Waals surface area contributed by atoms with Crippen LogP contribution in [0.4, 0.5) is 11.4 Å². The highest BCUT2D eigenvalue weighted by Gasteiger charge is 2.14. The molecular weight excluding hydrogens is 230 g/mol. The van der Waals surface area contributed by atoms with Crippen LogP contribution in [0.1, 0.15) is 5.56 Å². The lowest BCUT2D eigenvalue weighted by molar-refractivity contribution is 0.299. The van der Waals surface area contributed by atoms with E-state index < -0.39 is 0 Å². The third-order valence-electron chi connectivity index (χ3n) is 2.82. The molecule has 0 aromatic heterocycles. The van der Waals surface area contributed by atoms with Crippen LogP contribution < -0.4 is 5.32 Å². The summed E-state index contributed by atoms with van der Waals surface area (Å²) in [6, 6.07) is 14.6. The Kier molecular flexibility index (Phi) is 2.79. The number of anilines is 2. The first-order valence-electron chi connectivity index (χ1n) is 5.64. The molecule has 0 saturated heterocycles. The number of fused-ring (bicyclic) bond motifs is 2. The summed E-state index contributed by atoms with van der Waals surface area (Å²) in [5, 5.41) is 12.4. The maximum Gasteiger partial charge on any atom is 0.0529 e. The lowest BCUT2D eigenvalue weighted by atomic mass is 10.1. The molecule has 1 heterocycles. The van der Waals surface area contributed by atoms with Crippen molar-refractivity contribution >= 4 is 23.1 Å². The summed E-state index contributed by atoms with van der Waals surface area (Å²) in [7, 11) is 0. The molecular formula is C14H13NOS. The van der Waals surface area contributed by atoms with Gasteiger partial charge < -0.3 is 10.4 Å². The second-order valence-corrected chi connectivity index (χ2v) is 5.11. The number of benzene rings is 2. The van der Waals surface area contributed by atoms with Gasteiger partial charge in [0.25, 0.3) is 0 Å². The molecule has 1 aliphatic heterocycles. The van der Waals surface area contributed by atoms with Crippen molar-refractivity contribution in [3.05, 3.63) is 48.0 Å². The number of hydrogen-bond donors (Lipinski definition) is 2. The van der Waals surface area contributed by atoms with Crippen molar-refractivity contribution in [3.8, 4) is 0 Å². The number of para-hydroxylation sites is 1. The molecule has 0 atom stereocenters. The summed E-state index contributed by atoms with van der Waals surface area (Å²) in [6.45, 7) is 0.197. The highest BCUT2D eigenvalue weighted by molar-refractivity contribution is 7.99. The van der Waals surface area contributed by atoms with Crippen LogP contribution in [0.15, 0.2) is 52.3 Å². The molecule has 2 aromatic rings. The first-order chi connectivity index (χ1) is 8.36. The summed E-state index contributed by atoms with van der Waals surface area (Å²) < 4.78 is 0. The van der Waals surface area contributed by atoms with E-state index in [-0.39, 0.29) is 6.61 Å². The normalized spacial score (nSPS) is 12.5. The second kappa shape index (κ2) is 4.43. The zero-order valence-corrected chi connectivity index (χ0v) is 10.1. The van der Waals surface area contributed by atoms with E-state index in [0.29, 0.717) is 6.42 Å². The molecule has 2 aromatic carbocycles. The summed E-state index contributed by atoms with van der Waals surface area (Å²) in [4.78, 5) is 2.50. The van der Waals surface area contributed by atoms with E-state index in [4.69, 9.17) is 5.11 Å². The van der Waals surface area contributed by atoms with Crippen molar-refractivity contribution in [2.24, 2.45) is 0 Å². The van der Waals surface area contributed by atoms with Crippen LogP contribution in [0.3, 0.4) is 0 Å². The SMILES string of the molecule is OCCc1ccc2c(c1)Nc1ccccc1S2. The molecule has 1 aliphatic rings. The van der Waals surface area contributed by atoms with E-state index in [0.717, 1.165) is 11.4 Å². The predicted molar refractivity (Wildman–Crippen MR) is 71.1 cm³/mol. The van der Waals surface area contributed by atoms with Crippen LogP contribution in [-0.2, 0) is 6.42 Å². The Morgan fingerprint density at radius 3 is 2.71 bits per heavy atom. The number of rotatable bonds is 2. The first kappa shape index (κ1) is 10.7. The molecule has 0 bridgehead atoms. The molecule has 0 radical (unpaired) electrons. The molecule has 0 fully saturated rings. The second-order valence-electron chi connectivity index (χ2n) is 4.03. The van der Waals surface area contributed by atoms with Crippen LogP contribution in [0, 0.1) is 0 Å². The molecule has 2 nitrogen and oxygen atoms in total. The van der Waals surface area contributed by atoms with Gasteiger partial charge in [-0.1, -0.05) is 30.0 Å². The Labute approximate surface area is 105 Å². The monoisotopic (exact) mass is 243 g/mol. The minimum Gasteiger partial charge on any atom is -0.396 e. The Bertz CT molecular complexity index is 554. The van der Waals surface area contributed by atoms with Crippen molar-refractivity contribution in [2.45, 2.75) is 16.2 Å². The van der Waals surface area contributed by atoms with E-state index in [1.807, 2.05) is 6.07 Å². The summed E-state index contributed by atoms with van der Waals surface area (Å²) in [6.07, 6.45) is 0.710. The standard InChI is InChI=1S/C14H13NOS/c16-8-7-10-5-6-14-12(9-10)15-11-3-1-2-4-13(11)17-14/h1-6,9,15-16H,7-8H2. The zero-order valence-electron chi connectivity index (χ0n) is 9.31. The summed E-state index contributed by atoms with van der Waals surface area (Å²) in [5.74, 6) is 0. The third-order valence-corrected chi connectivity index (χ3v) is 3.97. The lowest BCUT2D eigenvalue weighted by Crippen LogP contribution is -2.01. The average molecular weight is 243 g/mol. The minimum absolute atomic E-state index is 0.197. The minimum atomic E-state index is 0.197. The van der Waals surface area contributed by atoms with Gasteiger partial charge in [0, 0.05) is 16.4 Å². The van der Waals surface area contributed by atoms with Crippen molar-refractivity contribution in [3.63, 3.8) is 0 Å². The predicted octanol–water partition coefficient (Wildman–Crippen LogP) is 3.43. The van der Waals surface area contributed by atoms with E-state index in [9.17, 15) is 0 Å². The summed E-state index contributed by atoms with van der Waals surface area (Å²) >= 11 is 1.78.